The van der Waals surface area contributed by atoms with E-state index in [0.29, 0.717) is 12.2 Å². The Labute approximate surface area is 161 Å². The van der Waals surface area contributed by atoms with Crippen LogP contribution in [-0.4, -0.2) is 54.5 Å². The molecule has 2 heterocycles. The smallest absolute Gasteiger partial charge is 0.415 e. The van der Waals surface area contributed by atoms with Crippen molar-refractivity contribution < 1.29 is 19.4 Å². The number of likely N-dealkylation sites (N-methyl/N-ethyl adjacent to an activating group) is 1. The zero-order valence-corrected chi connectivity index (χ0v) is 16.7. The minimum Gasteiger partial charge on any atom is -0.434 e. The summed E-state index contributed by atoms with van der Waals surface area (Å²) < 4.78 is 8.25. The van der Waals surface area contributed by atoms with Gasteiger partial charge in [-0.3, -0.25) is 14.7 Å². The van der Waals surface area contributed by atoms with E-state index >= 15 is 0 Å². The maximum atomic E-state index is 12.2. The summed E-state index contributed by atoms with van der Waals surface area (Å²) in [5.74, 6) is -0.321. The van der Waals surface area contributed by atoms with Gasteiger partial charge in [0.2, 0.25) is 0 Å². The van der Waals surface area contributed by atoms with Crippen molar-refractivity contribution in [2.75, 3.05) is 31.6 Å². The van der Waals surface area contributed by atoms with Gasteiger partial charge in [-0.2, -0.15) is 0 Å². The van der Waals surface area contributed by atoms with Crippen LogP contribution in [0.25, 0.3) is 10.2 Å². The highest BCUT2D eigenvalue weighted by Gasteiger charge is 2.36. The molecular formula is C18H24N4O4S. The molecule has 1 aromatic heterocycles. The van der Waals surface area contributed by atoms with Gasteiger partial charge in [0.1, 0.15) is 0 Å². The molecular weight excluding hydrogens is 368 g/mol. The zero-order valence-electron chi connectivity index (χ0n) is 15.9. The van der Waals surface area contributed by atoms with E-state index in [2.05, 4.69) is 35.6 Å². The number of rotatable bonds is 4. The highest BCUT2D eigenvalue weighted by Crippen LogP contribution is 2.30. The number of fused-ring (bicyclic) bond motifs is 1. The molecule has 0 bridgehead atoms. The van der Waals surface area contributed by atoms with Gasteiger partial charge in [-0.05, 0) is 39.0 Å². The molecule has 146 valence electrons. The van der Waals surface area contributed by atoms with Crippen LogP contribution in [0.4, 0.5) is 10.5 Å². The Morgan fingerprint density at radius 2 is 2.19 bits per heavy atom. The van der Waals surface area contributed by atoms with E-state index in [1.54, 1.807) is 0 Å². The molecule has 9 heteroatoms. The van der Waals surface area contributed by atoms with E-state index < -0.39 is 12.2 Å². The lowest BCUT2D eigenvalue weighted by atomic mass is 10.1. The van der Waals surface area contributed by atoms with Crippen LogP contribution in [0.5, 0.6) is 0 Å². The summed E-state index contributed by atoms with van der Waals surface area (Å²) in [6.45, 7) is 6.78. The van der Waals surface area contributed by atoms with E-state index in [1.807, 2.05) is 18.2 Å². The van der Waals surface area contributed by atoms with Gasteiger partial charge in [-0.15, -0.1) is 0 Å². The highest BCUT2D eigenvalue weighted by atomic mass is 32.1. The summed E-state index contributed by atoms with van der Waals surface area (Å²) in [7, 11) is 1.51. The Kier molecular flexibility index (Phi) is 5.25. The number of aliphatic hydroxyl groups excluding tert-OH is 1. The molecule has 27 heavy (non-hydrogen) atoms. The standard InChI is InChI=1S/C18H24N4O4S/c1-18(2,3)22-12-6-5-11(9-14(12)27-16(22)20-7-8-23)21-10-13(15(24)19-4)26-17(21)25/h5-6,9,13,23H,7-8,10H2,1-4H3,(H,19,24)/t13-/m1/s1. The third-order valence-corrected chi connectivity index (χ3v) is 5.30. The van der Waals surface area contributed by atoms with Gasteiger partial charge in [0.25, 0.3) is 5.91 Å². The number of nitrogens with zero attached hydrogens (tertiary/aromatic N) is 3. The second-order valence-corrected chi connectivity index (χ2v) is 8.25. The van der Waals surface area contributed by atoms with Crippen LogP contribution in [0.1, 0.15) is 20.8 Å². The van der Waals surface area contributed by atoms with Crippen LogP contribution in [0.3, 0.4) is 0 Å². The molecule has 0 saturated carbocycles. The molecule has 8 nitrogen and oxygen atoms in total. The fraction of sp³-hybridized carbons (Fsp3) is 0.500. The molecule has 1 saturated heterocycles. The van der Waals surface area contributed by atoms with Crippen molar-refractivity contribution in [1.82, 2.24) is 9.88 Å². The molecule has 1 fully saturated rings. The number of thiazole rings is 1. The van der Waals surface area contributed by atoms with Gasteiger partial charge in [0.05, 0.1) is 29.9 Å². The average Bonchev–Trinajstić information content (AvgIpc) is 3.18. The Morgan fingerprint density at radius 3 is 2.81 bits per heavy atom. The Balaban J connectivity index is 2.04. The van der Waals surface area contributed by atoms with Crippen molar-refractivity contribution in [3.63, 3.8) is 0 Å². The molecule has 1 aromatic carbocycles. The summed E-state index contributed by atoms with van der Waals surface area (Å²) in [6.07, 6.45) is -1.34. The number of aliphatic hydroxyl groups is 1. The third-order valence-electron chi connectivity index (χ3n) is 4.26. The van der Waals surface area contributed by atoms with E-state index in [-0.39, 0.29) is 24.6 Å². The van der Waals surface area contributed by atoms with Crippen molar-refractivity contribution in [1.29, 1.82) is 0 Å². The largest absolute Gasteiger partial charge is 0.434 e. The van der Waals surface area contributed by atoms with Crippen LogP contribution >= 0.6 is 11.3 Å². The number of nitrogens with one attached hydrogen (secondary N) is 1. The number of amides is 2. The predicted molar refractivity (Wildman–Crippen MR) is 104 cm³/mol. The minimum atomic E-state index is -0.809. The lowest BCUT2D eigenvalue weighted by Crippen LogP contribution is -2.35. The number of ether oxygens (including phenoxy) is 1. The summed E-state index contributed by atoms with van der Waals surface area (Å²) in [6, 6.07) is 5.71. The van der Waals surface area contributed by atoms with Crippen molar-refractivity contribution >= 4 is 39.2 Å². The summed E-state index contributed by atoms with van der Waals surface area (Å²) in [5.41, 5.74) is 1.49. The topological polar surface area (TPSA) is 96.2 Å². The number of benzene rings is 1. The molecule has 2 N–H and O–H groups in total. The molecule has 1 atom stereocenters. The number of carbonyl (C=O) groups excluding carboxylic acids is 2. The van der Waals surface area contributed by atoms with Crippen LogP contribution < -0.4 is 15.0 Å². The van der Waals surface area contributed by atoms with Gasteiger partial charge >= 0.3 is 6.09 Å². The molecule has 0 unspecified atom stereocenters. The van der Waals surface area contributed by atoms with E-state index in [4.69, 9.17) is 9.84 Å². The maximum absolute atomic E-state index is 12.2. The second-order valence-electron chi connectivity index (χ2n) is 7.25. The van der Waals surface area contributed by atoms with Gasteiger partial charge in [-0.25, -0.2) is 4.79 Å². The molecule has 2 amide bonds. The zero-order chi connectivity index (χ0) is 19.8. The minimum absolute atomic E-state index is 0.00978. The van der Waals surface area contributed by atoms with Gasteiger partial charge in [-0.1, -0.05) is 11.3 Å². The lowest BCUT2D eigenvalue weighted by Gasteiger charge is -2.22. The van der Waals surface area contributed by atoms with Crippen molar-refractivity contribution in [3.05, 3.63) is 23.0 Å². The fourth-order valence-electron chi connectivity index (χ4n) is 3.05. The first-order valence-corrected chi connectivity index (χ1v) is 9.55. The van der Waals surface area contributed by atoms with Crippen LogP contribution in [0, 0.1) is 0 Å². The lowest BCUT2D eigenvalue weighted by molar-refractivity contribution is -0.127. The normalized spacial score (nSPS) is 18.3. The summed E-state index contributed by atoms with van der Waals surface area (Å²) in [5, 5.41) is 11.6. The first-order valence-electron chi connectivity index (χ1n) is 8.73. The molecule has 0 radical (unpaired) electrons. The maximum Gasteiger partial charge on any atom is 0.415 e. The monoisotopic (exact) mass is 392 g/mol. The number of aromatic nitrogens is 1. The number of carbonyl (C=O) groups is 2. The fourth-order valence-corrected chi connectivity index (χ4v) is 4.31. The molecule has 1 aliphatic heterocycles. The Bertz CT molecular complexity index is 941. The van der Waals surface area contributed by atoms with Crippen molar-refractivity contribution in [3.8, 4) is 0 Å². The first kappa shape index (κ1) is 19.4. The van der Waals surface area contributed by atoms with Crippen molar-refractivity contribution in [2.45, 2.75) is 32.4 Å². The highest BCUT2D eigenvalue weighted by molar-refractivity contribution is 7.16. The molecule has 3 rings (SSSR count). The molecule has 0 aliphatic carbocycles. The number of cyclic esters (lactones) is 1. The van der Waals surface area contributed by atoms with E-state index in [1.165, 1.54) is 23.3 Å². The Hall–Kier alpha value is -2.39. The SMILES string of the molecule is CNC(=O)[C@H]1CN(c2ccc3c(c2)sc(=NCCO)n3C(C)(C)C)C(=O)O1. The molecule has 2 aromatic rings. The number of anilines is 1. The van der Waals surface area contributed by atoms with Gasteiger partial charge < -0.3 is 19.7 Å². The average molecular weight is 392 g/mol. The number of hydrogen-bond donors (Lipinski definition) is 2. The van der Waals surface area contributed by atoms with E-state index in [0.717, 1.165) is 15.0 Å². The quantitative estimate of drug-likeness (QED) is 0.823. The van der Waals surface area contributed by atoms with Crippen LogP contribution in [0.2, 0.25) is 0 Å². The number of hydrogen-bond acceptors (Lipinski definition) is 6. The van der Waals surface area contributed by atoms with Gasteiger partial charge in [0.15, 0.2) is 10.9 Å². The van der Waals surface area contributed by atoms with Crippen LogP contribution in [0.15, 0.2) is 23.2 Å². The summed E-state index contributed by atoms with van der Waals surface area (Å²) in [4.78, 5) is 30.7. The second kappa shape index (κ2) is 7.32. The van der Waals surface area contributed by atoms with Gasteiger partial charge in [0, 0.05) is 18.3 Å². The van der Waals surface area contributed by atoms with E-state index in [9.17, 15) is 9.59 Å². The predicted octanol–water partition coefficient (Wildman–Crippen LogP) is 1.42. The molecule has 1 aliphatic rings. The Morgan fingerprint density at radius 1 is 1.44 bits per heavy atom. The first-order chi connectivity index (χ1) is 12.8. The third kappa shape index (κ3) is 3.70. The van der Waals surface area contributed by atoms with Crippen molar-refractivity contribution in [2.24, 2.45) is 4.99 Å². The van der Waals surface area contributed by atoms with Crippen LogP contribution in [-0.2, 0) is 15.1 Å². The molecule has 0 spiro atoms. The summed E-state index contributed by atoms with van der Waals surface area (Å²) >= 11 is 1.50.